The molecule has 1 aliphatic rings. The van der Waals surface area contributed by atoms with E-state index in [4.69, 9.17) is 5.73 Å². The summed E-state index contributed by atoms with van der Waals surface area (Å²) in [4.78, 5) is 0. The monoisotopic (exact) mass is 389 g/mol. The van der Waals surface area contributed by atoms with Crippen LogP contribution in [0.1, 0.15) is 49.1 Å². The van der Waals surface area contributed by atoms with Crippen molar-refractivity contribution in [3.63, 3.8) is 0 Å². The molecule has 1 unspecified atom stereocenters. The largest absolute Gasteiger partial charge is 0.326 e. The van der Waals surface area contributed by atoms with Crippen molar-refractivity contribution in [3.8, 4) is 0 Å². The molecule has 0 aliphatic carbocycles. The van der Waals surface area contributed by atoms with Gasteiger partial charge in [-0.05, 0) is 62.7 Å². The molecule has 0 amide bonds. The third kappa shape index (κ3) is 3.71. The summed E-state index contributed by atoms with van der Waals surface area (Å²) in [5.74, 6) is 0. The SMILES string of the molecule is CC(C)(C)c1ccc(C2=CC(c3ccsc3)N(c3cccc(CN)c3)N2)cc1. The van der Waals surface area contributed by atoms with Crippen LogP contribution in [0.25, 0.3) is 5.70 Å². The van der Waals surface area contributed by atoms with Gasteiger partial charge in [-0.1, -0.05) is 57.2 Å². The second kappa shape index (κ2) is 7.46. The minimum atomic E-state index is 0.150. The maximum Gasteiger partial charge on any atom is 0.0966 e. The summed E-state index contributed by atoms with van der Waals surface area (Å²) in [7, 11) is 0. The normalized spacial score (nSPS) is 16.8. The highest BCUT2D eigenvalue weighted by Gasteiger charge is 2.27. The van der Waals surface area contributed by atoms with E-state index in [0.29, 0.717) is 6.54 Å². The second-order valence-corrected chi connectivity index (χ2v) is 9.05. The zero-order valence-corrected chi connectivity index (χ0v) is 17.5. The molecule has 28 heavy (non-hydrogen) atoms. The van der Waals surface area contributed by atoms with Crippen LogP contribution in [0, 0.1) is 0 Å². The van der Waals surface area contributed by atoms with Gasteiger partial charge in [-0.25, -0.2) is 0 Å². The van der Waals surface area contributed by atoms with Gasteiger partial charge in [-0.15, -0.1) is 0 Å². The molecule has 0 spiro atoms. The van der Waals surface area contributed by atoms with Crippen LogP contribution in [0.3, 0.4) is 0 Å². The van der Waals surface area contributed by atoms with E-state index in [1.165, 1.54) is 16.7 Å². The molecule has 1 aromatic heterocycles. The van der Waals surface area contributed by atoms with Gasteiger partial charge in [0.1, 0.15) is 0 Å². The molecule has 0 radical (unpaired) electrons. The predicted molar refractivity (Wildman–Crippen MR) is 120 cm³/mol. The average molecular weight is 390 g/mol. The molecule has 3 nitrogen and oxygen atoms in total. The van der Waals surface area contributed by atoms with Crippen molar-refractivity contribution in [1.29, 1.82) is 0 Å². The van der Waals surface area contributed by atoms with E-state index in [-0.39, 0.29) is 11.5 Å². The lowest BCUT2D eigenvalue weighted by Crippen LogP contribution is -2.33. The highest BCUT2D eigenvalue weighted by molar-refractivity contribution is 7.08. The van der Waals surface area contributed by atoms with Gasteiger partial charge in [-0.3, -0.25) is 10.4 Å². The first-order valence-corrected chi connectivity index (χ1v) is 10.6. The fraction of sp³-hybridized carbons (Fsp3) is 0.250. The maximum atomic E-state index is 5.86. The summed E-state index contributed by atoms with van der Waals surface area (Å²) in [5.41, 5.74) is 16.9. The van der Waals surface area contributed by atoms with E-state index >= 15 is 0 Å². The van der Waals surface area contributed by atoms with Gasteiger partial charge in [0.05, 0.1) is 17.4 Å². The highest BCUT2D eigenvalue weighted by atomic mass is 32.1. The Morgan fingerprint density at radius 3 is 2.50 bits per heavy atom. The number of anilines is 1. The number of rotatable bonds is 4. The van der Waals surface area contributed by atoms with Crippen LogP contribution in [0.2, 0.25) is 0 Å². The molecule has 0 saturated heterocycles. The quantitative estimate of drug-likeness (QED) is 0.609. The van der Waals surface area contributed by atoms with Crippen molar-refractivity contribution in [2.75, 3.05) is 5.01 Å². The van der Waals surface area contributed by atoms with Crippen molar-refractivity contribution in [1.82, 2.24) is 5.43 Å². The topological polar surface area (TPSA) is 41.3 Å². The second-order valence-electron chi connectivity index (χ2n) is 8.27. The van der Waals surface area contributed by atoms with Crippen LogP contribution in [0.4, 0.5) is 5.69 Å². The van der Waals surface area contributed by atoms with E-state index in [9.17, 15) is 0 Å². The number of hydrogen-bond donors (Lipinski definition) is 2. The summed E-state index contributed by atoms with van der Waals surface area (Å²) in [5, 5.41) is 6.58. The number of nitrogens with one attached hydrogen (secondary N) is 1. The van der Waals surface area contributed by atoms with Gasteiger partial charge in [0.2, 0.25) is 0 Å². The predicted octanol–water partition coefficient (Wildman–Crippen LogP) is 5.61. The van der Waals surface area contributed by atoms with Crippen LogP contribution in [-0.4, -0.2) is 0 Å². The molecular weight excluding hydrogens is 362 g/mol. The number of nitrogens with zero attached hydrogens (tertiary/aromatic N) is 1. The molecule has 1 aliphatic heterocycles. The first-order chi connectivity index (χ1) is 13.5. The molecule has 2 heterocycles. The zero-order chi connectivity index (χ0) is 19.7. The molecule has 0 fully saturated rings. The molecule has 1 atom stereocenters. The van der Waals surface area contributed by atoms with E-state index in [1.54, 1.807) is 11.3 Å². The minimum Gasteiger partial charge on any atom is -0.326 e. The number of nitrogens with two attached hydrogens (primary N) is 1. The molecule has 4 rings (SSSR count). The fourth-order valence-electron chi connectivity index (χ4n) is 3.53. The molecule has 2 aromatic carbocycles. The Morgan fingerprint density at radius 1 is 1.07 bits per heavy atom. The standard InChI is InChI=1S/C24H27N3S/c1-24(2,3)20-9-7-18(8-10-20)22-14-23(19-11-12-28-16-19)27(26-22)21-6-4-5-17(13-21)15-25/h4-14,16,23,26H,15,25H2,1-3H3. The van der Waals surface area contributed by atoms with E-state index in [1.807, 2.05) is 0 Å². The van der Waals surface area contributed by atoms with Crippen molar-refractivity contribution < 1.29 is 0 Å². The Hall–Kier alpha value is -2.56. The zero-order valence-electron chi connectivity index (χ0n) is 16.6. The summed E-state index contributed by atoms with van der Waals surface area (Å²) in [6.07, 6.45) is 2.31. The Morgan fingerprint density at radius 2 is 1.86 bits per heavy atom. The van der Waals surface area contributed by atoms with Crippen molar-refractivity contribution >= 4 is 22.7 Å². The lowest BCUT2D eigenvalue weighted by atomic mass is 9.86. The summed E-state index contributed by atoms with van der Waals surface area (Å²) >= 11 is 1.73. The lowest BCUT2D eigenvalue weighted by Gasteiger charge is -2.27. The van der Waals surface area contributed by atoms with Crippen molar-refractivity contribution in [3.05, 3.63) is 93.7 Å². The molecule has 3 N–H and O–H groups in total. The van der Waals surface area contributed by atoms with Gasteiger partial charge in [0.15, 0.2) is 0 Å². The number of benzene rings is 2. The first-order valence-electron chi connectivity index (χ1n) is 9.65. The highest BCUT2D eigenvalue weighted by Crippen LogP contribution is 2.36. The summed E-state index contributed by atoms with van der Waals surface area (Å²) < 4.78 is 0. The van der Waals surface area contributed by atoms with E-state index in [2.05, 4.69) is 103 Å². The molecular formula is C24H27N3S. The molecule has 0 bridgehead atoms. The van der Waals surface area contributed by atoms with Crippen LogP contribution in [0.15, 0.2) is 71.4 Å². The van der Waals surface area contributed by atoms with Crippen LogP contribution >= 0.6 is 11.3 Å². The minimum absolute atomic E-state index is 0.150. The molecule has 3 aromatic rings. The molecule has 144 valence electrons. The lowest BCUT2D eigenvalue weighted by molar-refractivity contribution is 0.590. The third-order valence-corrected chi connectivity index (χ3v) is 5.92. The van der Waals surface area contributed by atoms with Crippen molar-refractivity contribution in [2.24, 2.45) is 5.73 Å². The number of hydrazine groups is 1. The van der Waals surface area contributed by atoms with Crippen LogP contribution in [-0.2, 0) is 12.0 Å². The van der Waals surface area contributed by atoms with Gasteiger partial charge in [-0.2, -0.15) is 11.3 Å². The van der Waals surface area contributed by atoms with Crippen molar-refractivity contribution in [2.45, 2.75) is 38.8 Å². The van der Waals surface area contributed by atoms with Gasteiger partial charge >= 0.3 is 0 Å². The summed E-state index contributed by atoms with van der Waals surface area (Å²) in [6, 6.07) is 19.7. The van der Waals surface area contributed by atoms with Gasteiger partial charge in [0.25, 0.3) is 0 Å². The van der Waals surface area contributed by atoms with E-state index in [0.717, 1.165) is 16.9 Å². The van der Waals surface area contributed by atoms with Crippen LogP contribution in [0.5, 0.6) is 0 Å². The Balaban J connectivity index is 1.69. The summed E-state index contributed by atoms with van der Waals surface area (Å²) in [6.45, 7) is 7.27. The molecule has 4 heteroatoms. The maximum absolute atomic E-state index is 5.86. The Kier molecular flexibility index (Phi) is 5.00. The van der Waals surface area contributed by atoms with Crippen LogP contribution < -0.4 is 16.2 Å². The van der Waals surface area contributed by atoms with Gasteiger partial charge in [0, 0.05) is 6.54 Å². The Bertz CT molecular complexity index is 966. The third-order valence-electron chi connectivity index (χ3n) is 5.21. The first kappa shape index (κ1) is 18.8. The average Bonchev–Trinajstić information content (AvgIpc) is 3.37. The molecule has 0 saturated carbocycles. The smallest absolute Gasteiger partial charge is 0.0966 e. The van der Waals surface area contributed by atoms with Gasteiger partial charge < -0.3 is 5.73 Å². The number of thiophene rings is 1. The fourth-order valence-corrected chi connectivity index (χ4v) is 4.22. The number of hydrogen-bond acceptors (Lipinski definition) is 4. The Labute approximate surface area is 171 Å². The van der Waals surface area contributed by atoms with E-state index < -0.39 is 0 Å².